The summed E-state index contributed by atoms with van der Waals surface area (Å²) < 4.78 is 12.8. The minimum atomic E-state index is -0.254. The molecule has 0 heterocycles. The number of thioether (sulfide) groups is 1. The Morgan fingerprint density at radius 3 is 2.25 bits per heavy atom. The lowest BCUT2D eigenvalue weighted by Crippen LogP contribution is -2.06. The van der Waals surface area contributed by atoms with E-state index in [-0.39, 0.29) is 11.6 Å². The van der Waals surface area contributed by atoms with E-state index in [0.29, 0.717) is 12.2 Å². The minimum absolute atomic E-state index is 0.185. The van der Waals surface area contributed by atoms with Gasteiger partial charge in [-0.25, -0.2) is 4.39 Å². The molecule has 2 aromatic rings. The summed E-state index contributed by atoms with van der Waals surface area (Å²) in [5.41, 5.74) is 3.42. The van der Waals surface area contributed by atoms with E-state index >= 15 is 0 Å². The fourth-order valence-corrected chi connectivity index (χ4v) is 2.90. The summed E-state index contributed by atoms with van der Waals surface area (Å²) in [4.78, 5) is 12.9. The van der Waals surface area contributed by atoms with Crippen LogP contribution in [-0.4, -0.2) is 11.5 Å². The highest BCUT2D eigenvalue weighted by atomic mass is 32.2. The smallest absolute Gasteiger partial charge is 0.147 e. The lowest BCUT2D eigenvalue weighted by atomic mass is 10.0. The number of carbonyl (C=O) groups excluding carboxylic acids is 1. The summed E-state index contributed by atoms with van der Waals surface area (Å²) >= 11 is 1.45. The van der Waals surface area contributed by atoms with Crippen LogP contribution in [-0.2, 0) is 11.2 Å². The molecule has 0 saturated carbocycles. The first-order valence-electron chi connectivity index (χ1n) is 6.50. The van der Waals surface area contributed by atoms with E-state index in [4.69, 9.17) is 0 Å². The molecule has 0 spiro atoms. The van der Waals surface area contributed by atoms with Crippen molar-refractivity contribution in [2.45, 2.75) is 25.2 Å². The van der Waals surface area contributed by atoms with Gasteiger partial charge in [0.1, 0.15) is 11.6 Å². The molecular weight excluding hydrogens is 271 g/mol. The molecule has 3 heteroatoms. The van der Waals surface area contributed by atoms with Gasteiger partial charge in [0.25, 0.3) is 0 Å². The lowest BCUT2D eigenvalue weighted by Gasteiger charge is -2.05. The molecule has 2 rings (SSSR count). The van der Waals surface area contributed by atoms with Crippen LogP contribution in [0.4, 0.5) is 4.39 Å². The number of benzene rings is 2. The van der Waals surface area contributed by atoms with Crippen LogP contribution in [0.1, 0.15) is 16.7 Å². The molecule has 0 saturated heterocycles. The fourth-order valence-electron chi connectivity index (χ4n) is 2.14. The number of carbonyl (C=O) groups is 1. The molecule has 0 atom stereocenters. The van der Waals surface area contributed by atoms with Gasteiger partial charge < -0.3 is 0 Å². The van der Waals surface area contributed by atoms with Crippen LogP contribution in [0.5, 0.6) is 0 Å². The highest BCUT2D eigenvalue weighted by Gasteiger charge is 2.06. The second kappa shape index (κ2) is 6.71. The molecule has 0 aliphatic rings. The molecule has 2 aromatic carbocycles. The molecule has 0 unspecified atom stereocenters. The van der Waals surface area contributed by atoms with Crippen molar-refractivity contribution < 1.29 is 9.18 Å². The zero-order chi connectivity index (χ0) is 14.5. The third-order valence-electron chi connectivity index (χ3n) is 2.90. The molecule has 20 heavy (non-hydrogen) atoms. The van der Waals surface area contributed by atoms with Crippen LogP contribution >= 0.6 is 11.8 Å². The first-order chi connectivity index (χ1) is 9.52. The second-order valence-electron chi connectivity index (χ2n) is 4.95. The lowest BCUT2D eigenvalue weighted by molar-refractivity contribution is -0.116. The van der Waals surface area contributed by atoms with E-state index in [0.717, 1.165) is 10.5 Å². The average Bonchev–Trinajstić information content (AvgIpc) is 2.37. The minimum Gasteiger partial charge on any atom is -0.298 e. The Hall–Kier alpha value is -1.61. The summed E-state index contributed by atoms with van der Waals surface area (Å²) in [6.07, 6.45) is 0.455. The zero-order valence-electron chi connectivity index (χ0n) is 11.7. The van der Waals surface area contributed by atoms with Crippen molar-refractivity contribution in [3.63, 3.8) is 0 Å². The van der Waals surface area contributed by atoms with Crippen LogP contribution in [0.3, 0.4) is 0 Å². The number of ketones is 1. The second-order valence-corrected chi connectivity index (χ2v) is 6.00. The first-order valence-corrected chi connectivity index (χ1v) is 7.49. The van der Waals surface area contributed by atoms with Crippen LogP contribution in [0.2, 0.25) is 0 Å². The molecule has 1 nitrogen and oxygen atoms in total. The quantitative estimate of drug-likeness (QED) is 0.761. The molecule has 0 fully saturated rings. The van der Waals surface area contributed by atoms with Gasteiger partial charge in [-0.2, -0.15) is 0 Å². The number of halogens is 1. The van der Waals surface area contributed by atoms with Gasteiger partial charge in [0, 0.05) is 11.3 Å². The highest BCUT2D eigenvalue weighted by Crippen LogP contribution is 2.19. The SMILES string of the molecule is Cc1cc(C)cc(CC(=O)CSc2ccc(F)cc2)c1. The largest absolute Gasteiger partial charge is 0.298 e. The molecule has 0 aliphatic carbocycles. The van der Waals surface area contributed by atoms with Gasteiger partial charge in [0.2, 0.25) is 0 Å². The monoisotopic (exact) mass is 288 g/mol. The maximum atomic E-state index is 12.8. The summed E-state index contributed by atoms with van der Waals surface area (Å²) in [5, 5.41) is 0. The van der Waals surface area contributed by atoms with Gasteiger partial charge >= 0.3 is 0 Å². The Kier molecular flexibility index (Phi) is 4.96. The summed E-state index contributed by atoms with van der Waals surface area (Å²) in [7, 11) is 0. The maximum absolute atomic E-state index is 12.8. The van der Waals surface area contributed by atoms with Gasteiger partial charge in [-0.15, -0.1) is 11.8 Å². The number of aryl methyl sites for hydroxylation is 2. The number of Topliss-reactive ketones (excluding diaryl/α,β-unsaturated/α-hetero) is 1. The first kappa shape index (κ1) is 14.8. The van der Waals surface area contributed by atoms with Gasteiger partial charge in [-0.1, -0.05) is 29.3 Å². The Labute approximate surface area is 123 Å². The van der Waals surface area contributed by atoms with Crippen molar-refractivity contribution in [3.8, 4) is 0 Å². The van der Waals surface area contributed by atoms with Gasteiger partial charge in [-0.3, -0.25) is 4.79 Å². The van der Waals surface area contributed by atoms with E-state index in [1.807, 2.05) is 26.0 Å². The molecule has 0 aliphatic heterocycles. The van der Waals surface area contributed by atoms with Gasteiger partial charge in [-0.05, 0) is 43.7 Å². The van der Waals surface area contributed by atoms with E-state index < -0.39 is 0 Å². The summed E-state index contributed by atoms with van der Waals surface area (Å²) in [6, 6.07) is 12.4. The molecule has 104 valence electrons. The fraction of sp³-hybridized carbons (Fsp3) is 0.235. The predicted molar refractivity (Wildman–Crippen MR) is 81.8 cm³/mol. The molecular formula is C17H17FOS. The van der Waals surface area contributed by atoms with Crippen molar-refractivity contribution in [3.05, 3.63) is 65.0 Å². The Bertz CT molecular complexity index is 585. The van der Waals surface area contributed by atoms with E-state index in [1.54, 1.807) is 12.1 Å². The molecule has 0 N–H and O–H groups in total. The number of hydrogen-bond donors (Lipinski definition) is 0. The molecule has 0 amide bonds. The average molecular weight is 288 g/mol. The Morgan fingerprint density at radius 2 is 1.65 bits per heavy atom. The topological polar surface area (TPSA) is 17.1 Å². The summed E-state index contributed by atoms with van der Waals surface area (Å²) in [5.74, 6) is 0.346. The van der Waals surface area contributed by atoms with Crippen LogP contribution in [0, 0.1) is 19.7 Å². The number of hydrogen-bond acceptors (Lipinski definition) is 2. The van der Waals surface area contributed by atoms with Crippen molar-refractivity contribution in [2.24, 2.45) is 0 Å². The third-order valence-corrected chi connectivity index (χ3v) is 3.97. The van der Waals surface area contributed by atoms with Crippen molar-refractivity contribution in [1.82, 2.24) is 0 Å². The maximum Gasteiger partial charge on any atom is 0.147 e. The van der Waals surface area contributed by atoms with Gasteiger partial charge in [0.15, 0.2) is 0 Å². The zero-order valence-corrected chi connectivity index (χ0v) is 12.5. The molecule has 0 bridgehead atoms. The normalized spacial score (nSPS) is 10.6. The van der Waals surface area contributed by atoms with E-state index in [2.05, 4.69) is 6.07 Å². The highest BCUT2D eigenvalue weighted by molar-refractivity contribution is 8.00. The molecule has 0 radical (unpaired) electrons. The summed E-state index contributed by atoms with van der Waals surface area (Å²) in [6.45, 7) is 4.07. The van der Waals surface area contributed by atoms with Crippen molar-refractivity contribution in [1.29, 1.82) is 0 Å². The Balaban J connectivity index is 1.90. The third kappa shape index (κ3) is 4.49. The van der Waals surface area contributed by atoms with E-state index in [1.165, 1.54) is 35.0 Å². The Morgan fingerprint density at radius 1 is 1.05 bits per heavy atom. The van der Waals surface area contributed by atoms with Gasteiger partial charge in [0.05, 0.1) is 5.75 Å². The van der Waals surface area contributed by atoms with Crippen molar-refractivity contribution in [2.75, 3.05) is 5.75 Å². The predicted octanol–water partition coefficient (Wildman–Crippen LogP) is 4.35. The molecule has 0 aromatic heterocycles. The van der Waals surface area contributed by atoms with Crippen LogP contribution in [0.25, 0.3) is 0 Å². The standard InChI is InChI=1S/C17H17FOS/c1-12-7-13(2)9-14(8-12)10-16(19)11-20-17-5-3-15(18)4-6-17/h3-9H,10-11H2,1-2H3. The van der Waals surface area contributed by atoms with Crippen LogP contribution in [0.15, 0.2) is 47.4 Å². The van der Waals surface area contributed by atoms with Crippen molar-refractivity contribution >= 4 is 17.5 Å². The number of rotatable bonds is 5. The van der Waals surface area contributed by atoms with E-state index in [9.17, 15) is 9.18 Å². The van der Waals surface area contributed by atoms with Crippen LogP contribution < -0.4 is 0 Å².